The SMILES string of the molecule is O=C(COC(=O)c1cccs1)Nc1cc(Cl)ccc1-n1cncn1. The van der Waals surface area contributed by atoms with Gasteiger partial charge in [-0.25, -0.2) is 14.5 Å². The van der Waals surface area contributed by atoms with Gasteiger partial charge < -0.3 is 10.1 Å². The van der Waals surface area contributed by atoms with Crippen LogP contribution in [-0.2, 0) is 9.53 Å². The fourth-order valence-corrected chi connectivity index (χ4v) is 2.71. The third-order valence-electron chi connectivity index (χ3n) is 2.95. The molecule has 0 aliphatic heterocycles. The Bertz CT molecular complexity index is 850. The summed E-state index contributed by atoms with van der Waals surface area (Å²) >= 11 is 7.22. The van der Waals surface area contributed by atoms with Crippen LogP contribution in [0.25, 0.3) is 5.69 Å². The number of rotatable bonds is 5. The van der Waals surface area contributed by atoms with Crippen molar-refractivity contribution in [1.29, 1.82) is 0 Å². The zero-order valence-electron chi connectivity index (χ0n) is 12.2. The zero-order valence-corrected chi connectivity index (χ0v) is 13.8. The van der Waals surface area contributed by atoms with E-state index >= 15 is 0 Å². The van der Waals surface area contributed by atoms with Crippen LogP contribution < -0.4 is 5.32 Å². The summed E-state index contributed by atoms with van der Waals surface area (Å²) in [5.74, 6) is -1.02. The molecule has 0 spiro atoms. The standard InChI is InChI=1S/C15H11ClN4O3S/c16-10-3-4-12(20-9-17-8-18-20)11(6-10)19-14(21)7-23-15(22)13-2-1-5-24-13/h1-6,8-9H,7H2,(H,19,21). The highest BCUT2D eigenvalue weighted by Gasteiger charge is 2.13. The molecule has 0 saturated heterocycles. The Morgan fingerprint density at radius 1 is 1.33 bits per heavy atom. The largest absolute Gasteiger partial charge is 0.451 e. The van der Waals surface area contributed by atoms with Crippen LogP contribution in [0.3, 0.4) is 0 Å². The van der Waals surface area contributed by atoms with E-state index in [1.807, 2.05) is 0 Å². The molecule has 1 aromatic carbocycles. The molecule has 0 aliphatic rings. The van der Waals surface area contributed by atoms with Crippen molar-refractivity contribution in [2.24, 2.45) is 0 Å². The van der Waals surface area contributed by atoms with E-state index in [-0.39, 0.29) is 0 Å². The molecular formula is C15H11ClN4O3S. The molecular weight excluding hydrogens is 352 g/mol. The monoisotopic (exact) mass is 362 g/mol. The minimum Gasteiger partial charge on any atom is -0.451 e. The second-order valence-electron chi connectivity index (χ2n) is 4.60. The van der Waals surface area contributed by atoms with Gasteiger partial charge in [-0.1, -0.05) is 17.7 Å². The molecule has 9 heteroatoms. The van der Waals surface area contributed by atoms with Gasteiger partial charge >= 0.3 is 5.97 Å². The number of nitrogens with one attached hydrogen (secondary N) is 1. The number of ether oxygens (including phenoxy) is 1. The van der Waals surface area contributed by atoms with Crippen LogP contribution in [0.1, 0.15) is 9.67 Å². The number of hydrogen-bond acceptors (Lipinski definition) is 6. The summed E-state index contributed by atoms with van der Waals surface area (Å²) in [5.41, 5.74) is 1.03. The number of carbonyl (C=O) groups is 2. The number of anilines is 1. The summed E-state index contributed by atoms with van der Waals surface area (Å²) < 4.78 is 6.46. The quantitative estimate of drug-likeness (QED) is 0.705. The number of amides is 1. The third-order valence-corrected chi connectivity index (χ3v) is 4.04. The van der Waals surface area contributed by atoms with Crippen molar-refractivity contribution in [3.63, 3.8) is 0 Å². The second-order valence-corrected chi connectivity index (χ2v) is 5.99. The summed E-state index contributed by atoms with van der Waals surface area (Å²) in [7, 11) is 0. The molecule has 2 heterocycles. The molecule has 0 atom stereocenters. The van der Waals surface area contributed by atoms with E-state index in [4.69, 9.17) is 16.3 Å². The fourth-order valence-electron chi connectivity index (χ4n) is 1.92. The Morgan fingerprint density at radius 3 is 2.92 bits per heavy atom. The molecule has 0 bridgehead atoms. The lowest BCUT2D eigenvalue weighted by atomic mass is 10.2. The maximum absolute atomic E-state index is 12.0. The molecule has 0 aliphatic carbocycles. The number of esters is 1. The maximum atomic E-state index is 12.0. The summed E-state index contributed by atoms with van der Waals surface area (Å²) in [6, 6.07) is 8.31. The highest BCUT2D eigenvalue weighted by atomic mass is 35.5. The number of halogens is 1. The smallest absolute Gasteiger partial charge is 0.348 e. The lowest BCUT2D eigenvalue weighted by Gasteiger charge is -2.11. The van der Waals surface area contributed by atoms with Gasteiger partial charge in [0.05, 0.1) is 11.4 Å². The highest BCUT2D eigenvalue weighted by Crippen LogP contribution is 2.23. The topological polar surface area (TPSA) is 86.1 Å². The molecule has 3 aromatic rings. The van der Waals surface area contributed by atoms with Crippen molar-refractivity contribution in [3.05, 3.63) is 58.3 Å². The number of hydrogen-bond donors (Lipinski definition) is 1. The Kier molecular flexibility index (Phi) is 4.88. The van der Waals surface area contributed by atoms with Gasteiger partial charge in [-0.2, -0.15) is 5.10 Å². The molecule has 0 saturated carbocycles. The van der Waals surface area contributed by atoms with Crippen LogP contribution in [0, 0.1) is 0 Å². The molecule has 0 fully saturated rings. The average Bonchev–Trinajstić information content (AvgIpc) is 3.26. The molecule has 0 radical (unpaired) electrons. The van der Waals surface area contributed by atoms with E-state index in [0.29, 0.717) is 21.3 Å². The molecule has 0 unspecified atom stereocenters. The van der Waals surface area contributed by atoms with Crippen LogP contribution >= 0.6 is 22.9 Å². The van der Waals surface area contributed by atoms with Gasteiger partial charge in [0.1, 0.15) is 17.5 Å². The van der Waals surface area contributed by atoms with Crippen molar-refractivity contribution in [1.82, 2.24) is 14.8 Å². The summed E-state index contributed by atoms with van der Waals surface area (Å²) in [6.45, 7) is -0.403. The summed E-state index contributed by atoms with van der Waals surface area (Å²) in [4.78, 5) is 28.1. The number of aromatic nitrogens is 3. The highest BCUT2D eigenvalue weighted by molar-refractivity contribution is 7.11. The van der Waals surface area contributed by atoms with E-state index in [1.165, 1.54) is 28.7 Å². The Morgan fingerprint density at radius 2 is 2.21 bits per heavy atom. The number of carbonyl (C=O) groups excluding carboxylic acids is 2. The molecule has 3 rings (SSSR count). The second kappa shape index (κ2) is 7.24. The first-order chi connectivity index (χ1) is 11.6. The minimum atomic E-state index is -0.539. The van der Waals surface area contributed by atoms with E-state index < -0.39 is 18.5 Å². The molecule has 2 aromatic heterocycles. The van der Waals surface area contributed by atoms with Gasteiger partial charge in [0.15, 0.2) is 6.61 Å². The van der Waals surface area contributed by atoms with Crippen molar-refractivity contribution in [2.45, 2.75) is 0 Å². The number of thiophene rings is 1. The average molecular weight is 363 g/mol. The molecule has 122 valence electrons. The molecule has 24 heavy (non-hydrogen) atoms. The predicted molar refractivity (Wildman–Crippen MR) is 89.6 cm³/mol. The van der Waals surface area contributed by atoms with E-state index in [0.717, 1.165) is 0 Å². The Labute approximate surface area is 145 Å². The molecule has 1 amide bonds. The van der Waals surface area contributed by atoms with Crippen molar-refractivity contribution in [3.8, 4) is 5.69 Å². The Hall–Kier alpha value is -2.71. The van der Waals surface area contributed by atoms with Crippen LogP contribution in [-0.4, -0.2) is 33.2 Å². The number of benzene rings is 1. The third kappa shape index (κ3) is 3.79. The van der Waals surface area contributed by atoms with Gasteiger partial charge in [-0.05, 0) is 29.6 Å². The van der Waals surface area contributed by atoms with Crippen LogP contribution in [0.15, 0.2) is 48.4 Å². The first-order valence-electron chi connectivity index (χ1n) is 6.78. The Balaban J connectivity index is 1.68. The van der Waals surface area contributed by atoms with E-state index in [2.05, 4.69) is 15.4 Å². The van der Waals surface area contributed by atoms with Gasteiger partial charge in [-0.3, -0.25) is 4.79 Å². The molecule has 1 N–H and O–H groups in total. The summed E-state index contributed by atoms with van der Waals surface area (Å²) in [6.07, 6.45) is 2.87. The van der Waals surface area contributed by atoms with Gasteiger partial charge in [-0.15, -0.1) is 11.3 Å². The van der Waals surface area contributed by atoms with Crippen LogP contribution in [0.5, 0.6) is 0 Å². The van der Waals surface area contributed by atoms with Crippen molar-refractivity contribution in [2.75, 3.05) is 11.9 Å². The van der Waals surface area contributed by atoms with Crippen molar-refractivity contribution < 1.29 is 14.3 Å². The van der Waals surface area contributed by atoms with E-state index in [1.54, 1.807) is 35.7 Å². The maximum Gasteiger partial charge on any atom is 0.348 e. The summed E-state index contributed by atoms with van der Waals surface area (Å²) in [5, 5.41) is 8.88. The van der Waals surface area contributed by atoms with Gasteiger partial charge in [0.25, 0.3) is 5.91 Å². The van der Waals surface area contributed by atoms with Gasteiger partial charge in [0, 0.05) is 5.02 Å². The van der Waals surface area contributed by atoms with Crippen LogP contribution in [0.4, 0.5) is 5.69 Å². The predicted octanol–water partition coefficient (Wildman–Crippen LogP) is 2.78. The normalized spacial score (nSPS) is 10.4. The first-order valence-corrected chi connectivity index (χ1v) is 8.04. The van der Waals surface area contributed by atoms with E-state index in [9.17, 15) is 9.59 Å². The first kappa shape index (κ1) is 16.2. The molecule has 7 nitrogen and oxygen atoms in total. The lowest BCUT2D eigenvalue weighted by Crippen LogP contribution is -2.21. The fraction of sp³-hybridized carbons (Fsp3) is 0.0667. The van der Waals surface area contributed by atoms with Gasteiger partial charge in [0.2, 0.25) is 0 Å². The number of nitrogens with zero attached hydrogens (tertiary/aromatic N) is 3. The lowest BCUT2D eigenvalue weighted by molar-refractivity contribution is -0.119. The minimum absolute atomic E-state index is 0.403. The van der Waals surface area contributed by atoms with Crippen molar-refractivity contribution >= 4 is 40.5 Å². The van der Waals surface area contributed by atoms with Crippen LogP contribution in [0.2, 0.25) is 5.02 Å². The zero-order chi connectivity index (χ0) is 16.9.